The second-order valence-corrected chi connectivity index (χ2v) is 8.39. The van der Waals surface area contributed by atoms with E-state index >= 15 is 0 Å². The lowest BCUT2D eigenvalue weighted by Crippen LogP contribution is -2.47. The Balaban J connectivity index is 1.36. The van der Waals surface area contributed by atoms with Crippen LogP contribution in [-0.2, 0) is 9.59 Å². The molecule has 0 radical (unpaired) electrons. The molecule has 3 heterocycles. The van der Waals surface area contributed by atoms with Crippen molar-refractivity contribution < 1.29 is 9.59 Å². The zero-order valence-corrected chi connectivity index (χ0v) is 19.5. The molecule has 0 unspecified atom stereocenters. The van der Waals surface area contributed by atoms with Gasteiger partial charge >= 0.3 is 0 Å². The van der Waals surface area contributed by atoms with E-state index in [0.717, 1.165) is 35.6 Å². The minimum absolute atomic E-state index is 0.0279. The van der Waals surface area contributed by atoms with E-state index in [2.05, 4.69) is 30.5 Å². The molecule has 1 aliphatic heterocycles. The summed E-state index contributed by atoms with van der Waals surface area (Å²) in [6, 6.07) is 11.2. The highest BCUT2D eigenvalue weighted by atomic mass is 16.2. The van der Waals surface area contributed by atoms with Gasteiger partial charge in [-0.3, -0.25) is 14.6 Å². The van der Waals surface area contributed by atoms with Crippen molar-refractivity contribution in [2.45, 2.75) is 19.8 Å². The quantitative estimate of drug-likeness (QED) is 0.560. The van der Waals surface area contributed by atoms with Crippen molar-refractivity contribution in [3.05, 3.63) is 60.6 Å². The van der Waals surface area contributed by atoms with Gasteiger partial charge in [-0.25, -0.2) is 9.97 Å². The molecule has 34 heavy (non-hydrogen) atoms. The van der Waals surface area contributed by atoms with Gasteiger partial charge in [0.1, 0.15) is 0 Å². The largest absolute Gasteiger partial charge is 0.340 e. The number of rotatable bonds is 7. The van der Waals surface area contributed by atoms with Crippen molar-refractivity contribution >= 4 is 29.1 Å². The number of aryl methyl sites for hydroxylation is 1. The van der Waals surface area contributed by atoms with Gasteiger partial charge in [0.15, 0.2) is 0 Å². The molecule has 9 nitrogen and oxygen atoms in total. The summed E-state index contributed by atoms with van der Waals surface area (Å²) in [5.41, 5.74) is 4.08. The molecule has 0 bridgehead atoms. The predicted octanol–water partition coefficient (Wildman–Crippen LogP) is 3.08. The first-order valence-corrected chi connectivity index (χ1v) is 11.4. The van der Waals surface area contributed by atoms with Crippen LogP contribution in [0.3, 0.4) is 0 Å². The highest BCUT2D eigenvalue weighted by Crippen LogP contribution is 2.24. The van der Waals surface area contributed by atoms with Crippen molar-refractivity contribution in [1.82, 2.24) is 24.8 Å². The van der Waals surface area contributed by atoms with Gasteiger partial charge in [-0.15, -0.1) is 0 Å². The van der Waals surface area contributed by atoms with Crippen LogP contribution < -0.4 is 10.6 Å². The number of nitrogens with one attached hydrogen (secondary N) is 2. The van der Waals surface area contributed by atoms with Crippen molar-refractivity contribution in [1.29, 1.82) is 0 Å². The first-order valence-electron chi connectivity index (χ1n) is 11.4. The fourth-order valence-electron chi connectivity index (χ4n) is 3.71. The second-order valence-electron chi connectivity index (χ2n) is 8.39. The van der Waals surface area contributed by atoms with Crippen LogP contribution in [0.5, 0.6) is 0 Å². The van der Waals surface area contributed by atoms with Gasteiger partial charge in [0, 0.05) is 74.5 Å². The number of amides is 2. The van der Waals surface area contributed by atoms with Crippen LogP contribution in [0.25, 0.3) is 11.3 Å². The number of hydrogen-bond acceptors (Lipinski definition) is 7. The molecule has 9 heteroatoms. The molecular formula is C25H29N7O2. The van der Waals surface area contributed by atoms with Gasteiger partial charge in [0.2, 0.25) is 17.8 Å². The van der Waals surface area contributed by atoms with E-state index in [-0.39, 0.29) is 24.7 Å². The summed E-state index contributed by atoms with van der Waals surface area (Å²) in [7, 11) is 2.05. The number of anilines is 3. The molecule has 0 saturated carbocycles. The number of hydrogen-bond donors (Lipinski definition) is 2. The SMILES string of the molecule is Cc1ccc(NC(=O)CCC(=O)N2CCN(C)CC2)cc1Nc1nccc(-c2cccnc2)n1. The minimum atomic E-state index is -0.188. The molecule has 1 saturated heterocycles. The zero-order valence-electron chi connectivity index (χ0n) is 19.5. The third-order valence-electron chi connectivity index (χ3n) is 5.80. The van der Waals surface area contributed by atoms with E-state index in [4.69, 9.17) is 0 Å². The Morgan fingerprint density at radius 3 is 2.62 bits per heavy atom. The number of benzene rings is 1. The highest BCUT2D eigenvalue weighted by molar-refractivity contribution is 5.93. The Kier molecular flexibility index (Phi) is 7.44. The van der Waals surface area contributed by atoms with E-state index in [9.17, 15) is 9.59 Å². The molecule has 176 valence electrons. The second kappa shape index (κ2) is 10.8. The van der Waals surface area contributed by atoms with Crippen LogP contribution in [0.15, 0.2) is 55.0 Å². The Hall–Kier alpha value is -3.85. The van der Waals surface area contributed by atoms with Gasteiger partial charge in [-0.05, 0) is 49.9 Å². The van der Waals surface area contributed by atoms with Gasteiger partial charge in [-0.2, -0.15) is 0 Å². The lowest BCUT2D eigenvalue weighted by atomic mass is 10.1. The van der Waals surface area contributed by atoms with E-state index in [1.165, 1.54) is 0 Å². The number of piperazine rings is 1. The van der Waals surface area contributed by atoms with E-state index in [1.54, 1.807) is 18.6 Å². The van der Waals surface area contributed by atoms with Gasteiger partial charge in [-0.1, -0.05) is 6.07 Å². The summed E-state index contributed by atoms with van der Waals surface area (Å²) in [6.45, 7) is 5.13. The molecule has 1 fully saturated rings. The van der Waals surface area contributed by atoms with Gasteiger partial charge < -0.3 is 20.4 Å². The molecule has 1 aromatic carbocycles. The number of nitrogens with zero attached hydrogens (tertiary/aromatic N) is 5. The predicted molar refractivity (Wildman–Crippen MR) is 132 cm³/mol. The highest BCUT2D eigenvalue weighted by Gasteiger charge is 2.19. The van der Waals surface area contributed by atoms with Crippen molar-refractivity contribution in [2.75, 3.05) is 43.9 Å². The number of pyridine rings is 1. The van der Waals surface area contributed by atoms with Crippen molar-refractivity contribution in [3.8, 4) is 11.3 Å². The van der Waals surface area contributed by atoms with Crippen LogP contribution in [-0.4, -0.2) is 69.8 Å². The monoisotopic (exact) mass is 459 g/mol. The number of aromatic nitrogens is 3. The van der Waals surface area contributed by atoms with Crippen LogP contribution in [0, 0.1) is 6.92 Å². The average Bonchev–Trinajstić information content (AvgIpc) is 2.86. The van der Waals surface area contributed by atoms with Gasteiger partial charge in [0.05, 0.1) is 5.69 Å². The zero-order chi connectivity index (χ0) is 23.9. The molecular weight excluding hydrogens is 430 g/mol. The van der Waals surface area contributed by atoms with Crippen molar-refractivity contribution in [2.24, 2.45) is 0 Å². The van der Waals surface area contributed by atoms with E-state index < -0.39 is 0 Å². The molecule has 1 aliphatic rings. The fourth-order valence-corrected chi connectivity index (χ4v) is 3.71. The molecule has 4 rings (SSSR count). The topological polar surface area (TPSA) is 103 Å². The third-order valence-corrected chi connectivity index (χ3v) is 5.80. The van der Waals surface area contributed by atoms with Crippen LogP contribution in [0.4, 0.5) is 17.3 Å². The lowest BCUT2D eigenvalue weighted by Gasteiger charge is -2.32. The Labute approximate surface area is 199 Å². The molecule has 2 aromatic heterocycles. The summed E-state index contributed by atoms with van der Waals surface area (Å²) in [6.07, 6.45) is 5.52. The Morgan fingerprint density at radius 1 is 1.03 bits per heavy atom. The first-order chi connectivity index (χ1) is 16.5. The minimum Gasteiger partial charge on any atom is -0.340 e. The number of likely N-dealkylation sites (N-methyl/N-ethyl adjacent to an activating group) is 1. The van der Waals surface area contributed by atoms with Crippen molar-refractivity contribution in [3.63, 3.8) is 0 Å². The average molecular weight is 460 g/mol. The summed E-state index contributed by atoms with van der Waals surface area (Å²) in [5.74, 6) is 0.290. The molecule has 0 aliphatic carbocycles. The maximum atomic E-state index is 12.5. The first kappa shape index (κ1) is 23.3. The third kappa shape index (κ3) is 6.14. The molecule has 2 N–H and O–H groups in total. The number of carbonyl (C=O) groups excluding carboxylic acids is 2. The summed E-state index contributed by atoms with van der Waals surface area (Å²) in [5, 5.41) is 6.13. The van der Waals surface area contributed by atoms with Crippen LogP contribution in [0.2, 0.25) is 0 Å². The molecule has 0 spiro atoms. The lowest BCUT2D eigenvalue weighted by molar-refractivity contribution is -0.134. The van der Waals surface area contributed by atoms with Gasteiger partial charge in [0.25, 0.3) is 0 Å². The standard InChI is InChI=1S/C25H29N7O2/c1-18-5-6-20(28-23(33)7-8-24(34)32-14-12-31(2)13-15-32)16-22(18)30-25-27-11-9-21(29-25)19-4-3-10-26-17-19/h3-6,9-11,16-17H,7-8,12-15H2,1-2H3,(H,28,33)(H,27,29,30). The number of carbonyl (C=O) groups is 2. The smallest absolute Gasteiger partial charge is 0.227 e. The molecule has 0 atom stereocenters. The van der Waals surface area contributed by atoms with Crippen LogP contribution in [0.1, 0.15) is 18.4 Å². The van der Waals surface area contributed by atoms with E-state index in [1.807, 2.05) is 55.3 Å². The Bertz CT molecular complexity index is 1150. The fraction of sp³-hybridized carbons (Fsp3) is 0.320. The normalized spacial score (nSPS) is 14.0. The summed E-state index contributed by atoms with van der Waals surface area (Å²) in [4.78, 5) is 41.9. The Morgan fingerprint density at radius 2 is 1.85 bits per heavy atom. The molecule has 2 amide bonds. The van der Waals surface area contributed by atoms with Crippen LogP contribution >= 0.6 is 0 Å². The summed E-state index contributed by atoms with van der Waals surface area (Å²) < 4.78 is 0. The van der Waals surface area contributed by atoms with E-state index in [0.29, 0.717) is 24.7 Å². The molecule has 3 aromatic rings. The maximum Gasteiger partial charge on any atom is 0.227 e. The maximum absolute atomic E-state index is 12.5. The summed E-state index contributed by atoms with van der Waals surface area (Å²) >= 11 is 0.